The highest BCUT2D eigenvalue weighted by molar-refractivity contribution is 6.13. The van der Waals surface area contributed by atoms with Crippen molar-refractivity contribution in [3.63, 3.8) is 0 Å². The van der Waals surface area contributed by atoms with E-state index in [0.29, 0.717) is 0 Å². The lowest BCUT2D eigenvalue weighted by Gasteiger charge is -2.31. The van der Waals surface area contributed by atoms with Crippen LogP contribution >= 0.6 is 0 Å². The maximum atomic E-state index is 2.50. The Balaban J connectivity index is 2.21. The number of pyridine rings is 1. The Kier molecular flexibility index (Phi) is 1.89. The van der Waals surface area contributed by atoms with Gasteiger partial charge in [0.15, 0.2) is 0 Å². The van der Waals surface area contributed by atoms with Crippen molar-refractivity contribution in [3.05, 3.63) is 65.9 Å². The average molecular weight is 271 g/mol. The van der Waals surface area contributed by atoms with E-state index in [4.69, 9.17) is 0 Å². The lowest BCUT2D eigenvalue weighted by molar-refractivity contribution is 0.494. The Labute approximate surface area is 123 Å². The van der Waals surface area contributed by atoms with Gasteiger partial charge in [-0.15, -0.1) is 0 Å². The Morgan fingerprint density at radius 1 is 0.810 bits per heavy atom. The van der Waals surface area contributed by atoms with Crippen LogP contribution in [0.2, 0.25) is 0 Å². The number of benzene rings is 2. The SMILES string of the molecule is CC1(C)Cc2cccc3c4ccccc4c4ccc1n4c23. The highest BCUT2D eigenvalue weighted by Gasteiger charge is 2.30. The van der Waals surface area contributed by atoms with Crippen LogP contribution in [0.4, 0.5) is 0 Å². The summed E-state index contributed by atoms with van der Waals surface area (Å²) in [5.41, 5.74) is 5.85. The van der Waals surface area contributed by atoms with Gasteiger partial charge in [0, 0.05) is 21.9 Å². The summed E-state index contributed by atoms with van der Waals surface area (Å²) in [5.74, 6) is 0. The van der Waals surface area contributed by atoms with E-state index >= 15 is 0 Å². The first-order valence-corrected chi connectivity index (χ1v) is 7.61. The third-order valence-corrected chi connectivity index (χ3v) is 5.04. The molecule has 1 aliphatic heterocycles. The van der Waals surface area contributed by atoms with Crippen LogP contribution in [0.15, 0.2) is 54.6 Å². The van der Waals surface area contributed by atoms with Crippen molar-refractivity contribution in [3.8, 4) is 0 Å². The van der Waals surface area contributed by atoms with E-state index in [-0.39, 0.29) is 5.41 Å². The van der Waals surface area contributed by atoms with Gasteiger partial charge in [-0.2, -0.15) is 0 Å². The smallest absolute Gasteiger partial charge is 0.0569 e. The number of nitrogens with zero attached hydrogens (tertiary/aromatic N) is 1. The van der Waals surface area contributed by atoms with Crippen LogP contribution in [-0.2, 0) is 11.8 Å². The third-order valence-electron chi connectivity index (χ3n) is 5.04. The Morgan fingerprint density at radius 2 is 1.57 bits per heavy atom. The van der Waals surface area contributed by atoms with Crippen LogP contribution < -0.4 is 0 Å². The van der Waals surface area contributed by atoms with Gasteiger partial charge in [0.05, 0.1) is 11.0 Å². The van der Waals surface area contributed by atoms with Crippen molar-refractivity contribution in [1.29, 1.82) is 0 Å². The summed E-state index contributed by atoms with van der Waals surface area (Å²) in [7, 11) is 0. The number of aromatic nitrogens is 1. The molecule has 0 amide bonds. The van der Waals surface area contributed by atoms with Crippen LogP contribution in [0.1, 0.15) is 25.1 Å². The molecule has 21 heavy (non-hydrogen) atoms. The molecule has 0 fully saturated rings. The van der Waals surface area contributed by atoms with E-state index in [0.717, 1.165) is 6.42 Å². The van der Waals surface area contributed by atoms with Crippen molar-refractivity contribution in [2.75, 3.05) is 0 Å². The third kappa shape index (κ3) is 1.27. The molecule has 1 heteroatoms. The predicted molar refractivity (Wildman–Crippen MR) is 89.1 cm³/mol. The van der Waals surface area contributed by atoms with Crippen molar-refractivity contribution < 1.29 is 0 Å². The second-order valence-corrected chi connectivity index (χ2v) is 6.86. The van der Waals surface area contributed by atoms with E-state index in [2.05, 4.69) is 72.8 Å². The highest BCUT2D eigenvalue weighted by atomic mass is 14.9. The fourth-order valence-electron chi connectivity index (χ4n) is 4.14. The van der Waals surface area contributed by atoms with Gasteiger partial charge in [0.1, 0.15) is 0 Å². The molecule has 0 bridgehead atoms. The summed E-state index contributed by atoms with van der Waals surface area (Å²) in [5, 5.41) is 4.10. The zero-order valence-electron chi connectivity index (χ0n) is 12.4. The van der Waals surface area contributed by atoms with Crippen LogP contribution in [0, 0.1) is 0 Å². The topological polar surface area (TPSA) is 4.41 Å². The fraction of sp³-hybridized carbons (Fsp3) is 0.200. The van der Waals surface area contributed by atoms with Gasteiger partial charge in [0.2, 0.25) is 0 Å². The summed E-state index contributed by atoms with van der Waals surface area (Å²) in [4.78, 5) is 0. The largest absolute Gasteiger partial charge is 0.312 e. The molecule has 0 radical (unpaired) electrons. The first kappa shape index (κ1) is 11.4. The molecule has 0 spiro atoms. The van der Waals surface area contributed by atoms with Crippen molar-refractivity contribution in [2.24, 2.45) is 0 Å². The molecule has 0 saturated carbocycles. The number of para-hydroxylation sites is 1. The molecule has 2 aromatic carbocycles. The quantitative estimate of drug-likeness (QED) is 0.393. The van der Waals surface area contributed by atoms with Gasteiger partial charge >= 0.3 is 0 Å². The lowest BCUT2D eigenvalue weighted by Crippen LogP contribution is -2.26. The molecular formula is C20H17N. The second kappa shape index (κ2) is 3.48. The van der Waals surface area contributed by atoms with Gasteiger partial charge in [-0.05, 0) is 29.5 Å². The van der Waals surface area contributed by atoms with Crippen molar-refractivity contribution in [1.82, 2.24) is 4.40 Å². The summed E-state index contributed by atoms with van der Waals surface area (Å²) in [6.07, 6.45) is 1.11. The molecule has 0 atom stereocenters. The maximum absolute atomic E-state index is 2.50. The molecule has 1 nitrogen and oxygen atoms in total. The molecular weight excluding hydrogens is 254 g/mol. The zero-order valence-corrected chi connectivity index (χ0v) is 12.4. The lowest BCUT2D eigenvalue weighted by atomic mass is 9.79. The highest BCUT2D eigenvalue weighted by Crippen LogP contribution is 2.41. The minimum Gasteiger partial charge on any atom is -0.312 e. The van der Waals surface area contributed by atoms with E-state index in [1.807, 2.05) is 0 Å². The predicted octanol–water partition coefficient (Wildman–Crippen LogP) is 5.08. The van der Waals surface area contributed by atoms with Gasteiger partial charge in [-0.1, -0.05) is 56.3 Å². The van der Waals surface area contributed by atoms with E-state index in [9.17, 15) is 0 Å². The monoisotopic (exact) mass is 271 g/mol. The zero-order chi connectivity index (χ0) is 14.2. The molecule has 0 unspecified atom stereocenters. The first-order valence-electron chi connectivity index (χ1n) is 7.61. The van der Waals surface area contributed by atoms with E-state index in [1.54, 1.807) is 0 Å². The van der Waals surface area contributed by atoms with Crippen molar-refractivity contribution >= 4 is 27.2 Å². The van der Waals surface area contributed by atoms with E-state index in [1.165, 1.54) is 38.4 Å². The van der Waals surface area contributed by atoms with Crippen LogP contribution in [0.25, 0.3) is 27.2 Å². The standard InChI is InChI=1S/C20H17N/c1-20(2)12-13-6-5-9-16-14-7-3-4-8-15(14)17-10-11-18(20)21(17)19(13)16/h3-11H,12H2,1-2H3. The minimum absolute atomic E-state index is 0.191. The molecule has 4 aromatic rings. The second-order valence-electron chi connectivity index (χ2n) is 6.86. The number of fused-ring (bicyclic) bond motifs is 3. The summed E-state index contributed by atoms with van der Waals surface area (Å²) in [6.45, 7) is 4.71. The van der Waals surface area contributed by atoms with E-state index < -0.39 is 0 Å². The Bertz CT molecular complexity index is 1030. The number of rotatable bonds is 0. The molecule has 5 rings (SSSR count). The normalized spacial score (nSPS) is 16.3. The first-order chi connectivity index (χ1) is 10.2. The van der Waals surface area contributed by atoms with Gasteiger partial charge < -0.3 is 4.40 Å². The summed E-state index contributed by atoms with van der Waals surface area (Å²) in [6, 6.07) is 20.2. The molecule has 3 heterocycles. The summed E-state index contributed by atoms with van der Waals surface area (Å²) < 4.78 is 2.50. The molecule has 0 saturated heterocycles. The van der Waals surface area contributed by atoms with Gasteiger partial charge in [0.25, 0.3) is 0 Å². The fourth-order valence-corrected chi connectivity index (χ4v) is 4.14. The average Bonchev–Trinajstić information content (AvgIpc) is 2.93. The molecule has 1 aliphatic rings. The van der Waals surface area contributed by atoms with Crippen LogP contribution in [0.3, 0.4) is 0 Å². The molecule has 0 N–H and O–H groups in total. The van der Waals surface area contributed by atoms with Gasteiger partial charge in [-0.25, -0.2) is 0 Å². The molecule has 0 aliphatic carbocycles. The van der Waals surface area contributed by atoms with Crippen molar-refractivity contribution in [2.45, 2.75) is 25.7 Å². The Morgan fingerprint density at radius 3 is 2.43 bits per heavy atom. The number of hydrogen-bond acceptors (Lipinski definition) is 0. The maximum Gasteiger partial charge on any atom is 0.0569 e. The molecule has 2 aromatic heterocycles. The minimum atomic E-state index is 0.191. The number of hydrogen-bond donors (Lipinski definition) is 0. The summed E-state index contributed by atoms with van der Waals surface area (Å²) >= 11 is 0. The van der Waals surface area contributed by atoms with Crippen LogP contribution in [-0.4, -0.2) is 4.40 Å². The molecule has 102 valence electrons. The Hall–Kier alpha value is -2.28. The van der Waals surface area contributed by atoms with Crippen LogP contribution in [0.5, 0.6) is 0 Å². The van der Waals surface area contributed by atoms with Gasteiger partial charge in [-0.3, -0.25) is 0 Å².